The molecule has 0 fully saturated rings. The SMILES string of the molecule is CC.CC/C(F)=C\C(=C/C(C)F)C(=O)O. The molecule has 0 aliphatic heterocycles. The summed E-state index contributed by atoms with van der Waals surface area (Å²) >= 11 is 0. The van der Waals surface area contributed by atoms with Crippen molar-refractivity contribution >= 4 is 5.97 Å². The molecule has 0 aromatic heterocycles. The van der Waals surface area contributed by atoms with Crippen molar-refractivity contribution in [1.29, 1.82) is 0 Å². The summed E-state index contributed by atoms with van der Waals surface area (Å²) in [4.78, 5) is 10.4. The summed E-state index contributed by atoms with van der Waals surface area (Å²) in [6, 6.07) is 0. The molecule has 0 spiro atoms. The van der Waals surface area contributed by atoms with Gasteiger partial charge < -0.3 is 5.11 Å². The molecule has 0 aromatic carbocycles. The summed E-state index contributed by atoms with van der Waals surface area (Å²) in [5.74, 6) is -1.90. The molecule has 0 radical (unpaired) electrons. The van der Waals surface area contributed by atoms with E-state index in [2.05, 4.69) is 0 Å². The van der Waals surface area contributed by atoms with Gasteiger partial charge in [-0.1, -0.05) is 20.8 Å². The molecular weight excluding hydrogens is 202 g/mol. The molecular formula is C11H18F2O2. The lowest BCUT2D eigenvalue weighted by molar-refractivity contribution is -0.132. The number of alkyl halides is 1. The lowest BCUT2D eigenvalue weighted by Gasteiger charge is -1.97. The van der Waals surface area contributed by atoms with Crippen LogP contribution in [0.1, 0.15) is 34.1 Å². The van der Waals surface area contributed by atoms with Crippen LogP contribution in [0.15, 0.2) is 23.6 Å². The van der Waals surface area contributed by atoms with Gasteiger partial charge in [-0.05, 0) is 25.5 Å². The summed E-state index contributed by atoms with van der Waals surface area (Å²) < 4.78 is 25.0. The van der Waals surface area contributed by atoms with E-state index in [1.54, 1.807) is 6.92 Å². The Hall–Kier alpha value is -1.19. The molecule has 0 aliphatic carbocycles. The Labute approximate surface area is 89.3 Å². The maximum absolute atomic E-state index is 12.6. The first-order chi connectivity index (χ1) is 6.97. The van der Waals surface area contributed by atoms with Gasteiger partial charge >= 0.3 is 5.97 Å². The van der Waals surface area contributed by atoms with E-state index in [-0.39, 0.29) is 12.0 Å². The zero-order valence-corrected chi connectivity index (χ0v) is 9.55. The molecule has 0 bridgehead atoms. The highest BCUT2D eigenvalue weighted by Crippen LogP contribution is 2.09. The molecule has 0 rings (SSSR count). The van der Waals surface area contributed by atoms with Crippen molar-refractivity contribution in [3.8, 4) is 0 Å². The minimum atomic E-state index is -1.40. The average molecular weight is 220 g/mol. The van der Waals surface area contributed by atoms with Gasteiger partial charge in [0.05, 0.1) is 5.57 Å². The van der Waals surface area contributed by atoms with Crippen molar-refractivity contribution in [2.45, 2.75) is 40.3 Å². The van der Waals surface area contributed by atoms with Crippen LogP contribution in [0.2, 0.25) is 0 Å². The number of hydrogen-bond acceptors (Lipinski definition) is 1. The van der Waals surface area contributed by atoms with Gasteiger partial charge in [-0.25, -0.2) is 13.6 Å². The van der Waals surface area contributed by atoms with E-state index in [1.807, 2.05) is 13.8 Å². The van der Waals surface area contributed by atoms with Crippen molar-refractivity contribution in [1.82, 2.24) is 0 Å². The number of carboxylic acid groups (broad SMARTS) is 1. The molecule has 1 N–H and O–H groups in total. The zero-order chi connectivity index (χ0) is 12.4. The number of rotatable bonds is 4. The van der Waals surface area contributed by atoms with E-state index in [0.29, 0.717) is 0 Å². The van der Waals surface area contributed by atoms with Crippen LogP contribution in [0, 0.1) is 0 Å². The van der Waals surface area contributed by atoms with E-state index >= 15 is 0 Å². The van der Waals surface area contributed by atoms with Crippen molar-refractivity contribution in [2.75, 3.05) is 0 Å². The van der Waals surface area contributed by atoms with Crippen LogP contribution in [0.25, 0.3) is 0 Å². The fourth-order valence-electron chi connectivity index (χ4n) is 0.699. The number of aliphatic carboxylic acids is 1. The summed E-state index contributed by atoms with van der Waals surface area (Å²) in [5.41, 5.74) is -0.352. The van der Waals surface area contributed by atoms with Gasteiger partial charge in [0.2, 0.25) is 0 Å². The first kappa shape index (κ1) is 16.2. The van der Waals surface area contributed by atoms with Crippen LogP contribution in [0.3, 0.4) is 0 Å². The average Bonchev–Trinajstić information content (AvgIpc) is 2.18. The van der Waals surface area contributed by atoms with Crippen LogP contribution in [0.5, 0.6) is 0 Å². The van der Waals surface area contributed by atoms with E-state index in [1.165, 1.54) is 6.92 Å². The third-order valence-electron chi connectivity index (χ3n) is 1.31. The maximum Gasteiger partial charge on any atom is 0.335 e. The monoisotopic (exact) mass is 220 g/mol. The van der Waals surface area contributed by atoms with Crippen LogP contribution in [0.4, 0.5) is 8.78 Å². The van der Waals surface area contributed by atoms with Gasteiger partial charge in [-0.3, -0.25) is 0 Å². The van der Waals surface area contributed by atoms with Crippen molar-refractivity contribution in [2.24, 2.45) is 0 Å². The van der Waals surface area contributed by atoms with Crippen molar-refractivity contribution < 1.29 is 18.7 Å². The highest BCUT2D eigenvalue weighted by atomic mass is 19.1. The van der Waals surface area contributed by atoms with E-state index < -0.39 is 18.0 Å². The van der Waals surface area contributed by atoms with Gasteiger partial charge in [-0.2, -0.15) is 0 Å². The number of allylic oxidation sites excluding steroid dienone is 2. The Bertz CT molecular complexity index is 243. The second kappa shape index (κ2) is 9.37. The molecule has 0 aliphatic rings. The molecule has 2 nitrogen and oxygen atoms in total. The van der Waals surface area contributed by atoms with Gasteiger partial charge in [0.1, 0.15) is 12.0 Å². The van der Waals surface area contributed by atoms with Crippen LogP contribution >= 0.6 is 0 Å². The third kappa shape index (κ3) is 9.12. The molecule has 0 saturated carbocycles. The van der Waals surface area contributed by atoms with Crippen molar-refractivity contribution in [3.63, 3.8) is 0 Å². The predicted molar refractivity (Wildman–Crippen MR) is 57.1 cm³/mol. The fourth-order valence-corrected chi connectivity index (χ4v) is 0.699. The standard InChI is InChI=1S/C9H12F2O2.C2H6/c1-3-8(11)5-7(9(12)13)4-6(2)10;1-2/h4-6H,3H2,1-2H3,(H,12,13);1-2H3/b7-4+,8-5+;. The summed E-state index contributed by atoms with van der Waals surface area (Å²) in [6.45, 7) is 6.73. The second-order valence-corrected chi connectivity index (χ2v) is 2.55. The van der Waals surface area contributed by atoms with Crippen LogP contribution < -0.4 is 0 Å². The fraction of sp³-hybridized carbons (Fsp3) is 0.545. The van der Waals surface area contributed by atoms with Crippen LogP contribution in [-0.4, -0.2) is 17.2 Å². The normalized spacial score (nSPS) is 14.0. The first-order valence-corrected chi connectivity index (χ1v) is 4.92. The summed E-state index contributed by atoms with van der Waals surface area (Å²) in [5, 5.41) is 8.52. The largest absolute Gasteiger partial charge is 0.478 e. The number of halogens is 2. The first-order valence-electron chi connectivity index (χ1n) is 4.92. The predicted octanol–water partition coefficient (Wildman–Crippen LogP) is 3.65. The molecule has 88 valence electrons. The molecule has 1 unspecified atom stereocenters. The molecule has 0 saturated heterocycles. The molecule has 0 amide bonds. The lowest BCUT2D eigenvalue weighted by atomic mass is 10.2. The Morgan fingerprint density at radius 1 is 1.47 bits per heavy atom. The Morgan fingerprint density at radius 2 is 1.93 bits per heavy atom. The summed E-state index contributed by atoms with van der Waals surface area (Å²) in [7, 11) is 0. The number of hydrogen-bond donors (Lipinski definition) is 1. The minimum Gasteiger partial charge on any atom is -0.478 e. The molecule has 0 aromatic rings. The van der Waals surface area contributed by atoms with E-state index in [9.17, 15) is 13.6 Å². The third-order valence-corrected chi connectivity index (χ3v) is 1.31. The van der Waals surface area contributed by atoms with Gasteiger partial charge in [0.25, 0.3) is 0 Å². The second-order valence-electron chi connectivity index (χ2n) is 2.55. The Morgan fingerprint density at radius 3 is 2.20 bits per heavy atom. The quantitative estimate of drug-likeness (QED) is 0.580. The maximum atomic E-state index is 12.6. The minimum absolute atomic E-state index is 0.102. The molecule has 1 atom stereocenters. The van der Waals surface area contributed by atoms with E-state index in [4.69, 9.17) is 5.11 Å². The highest BCUT2D eigenvalue weighted by Gasteiger charge is 2.07. The Balaban J connectivity index is 0. The zero-order valence-electron chi connectivity index (χ0n) is 9.55. The van der Waals surface area contributed by atoms with Crippen LogP contribution in [-0.2, 0) is 4.79 Å². The molecule has 4 heteroatoms. The smallest absolute Gasteiger partial charge is 0.335 e. The van der Waals surface area contributed by atoms with Gasteiger partial charge in [-0.15, -0.1) is 0 Å². The summed E-state index contributed by atoms with van der Waals surface area (Å²) in [6.07, 6.45) is 0.397. The lowest BCUT2D eigenvalue weighted by Crippen LogP contribution is -2.01. The van der Waals surface area contributed by atoms with Gasteiger partial charge in [0.15, 0.2) is 0 Å². The molecule has 15 heavy (non-hydrogen) atoms. The highest BCUT2D eigenvalue weighted by molar-refractivity contribution is 5.90. The van der Waals surface area contributed by atoms with E-state index in [0.717, 1.165) is 12.2 Å². The topological polar surface area (TPSA) is 37.3 Å². The van der Waals surface area contributed by atoms with Crippen molar-refractivity contribution in [3.05, 3.63) is 23.6 Å². The Kier molecular flexibility index (Phi) is 10.1. The van der Waals surface area contributed by atoms with Gasteiger partial charge in [0, 0.05) is 0 Å². The number of carboxylic acids is 1. The molecule has 0 heterocycles. The number of carbonyl (C=O) groups is 1.